The van der Waals surface area contributed by atoms with Gasteiger partial charge in [-0.3, -0.25) is 4.79 Å². The Balaban J connectivity index is 1.98. The summed E-state index contributed by atoms with van der Waals surface area (Å²) in [5.41, 5.74) is 3.22. The Morgan fingerprint density at radius 1 is 1.15 bits per heavy atom. The minimum atomic E-state index is -0.720. The number of carboxylic acids is 1. The van der Waals surface area contributed by atoms with Crippen LogP contribution in [-0.2, 0) is 4.79 Å². The lowest BCUT2D eigenvalue weighted by atomic mass is 9.99. The first-order valence-corrected chi connectivity index (χ1v) is 6.67. The normalized spacial score (nSPS) is 20.4. The van der Waals surface area contributed by atoms with E-state index in [4.69, 9.17) is 9.84 Å². The van der Waals surface area contributed by atoms with E-state index in [1.165, 1.54) is 0 Å². The summed E-state index contributed by atoms with van der Waals surface area (Å²) in [5.74, 6) is -0.137. The van der Waals surface area contributed by atoms with Crippen molar-refractivity contribution in [2.24, 2.45) is 5.92 Å². The van der Waals surface area contributed by atoms with E-state index in [1.54, 1.807) is 7.11 Å². The highest BCUT2D eigenvalue weighted by Gasteiger charge is 2.45. The Kier molecular flexibility index (Phi) is 3.18. The molecule has 0 amide bonds. The Morgan fingerprint density at radius 2 is 1.90 bits per heavy atom. The molecule has 3 heteroatoms. The molecule has 1 aliphatic rings. The molecule has 1 aliphatic carbocycles. The fourth-order valence-electron chi connectivity index (χ4n) is 2.65. The summed E-state index contributed by atoms with van der Waals surface area (Å²) >= 11 is 0. The van der Waals surface area contributed by atoms with Crippen molar-refractivity contribution in [3.05, 3.63) is 54.1 Å². The van der Waals surface area contributed by atoms with Crippen LogP contribution in [0.2, 0.25) is 0 Å². The van der Waals surface area contributed by atoms with Crippen molar-refractivity contribution < 1.29 is 14.6 Å². The van der Waals surface area contributed by atoms with E-state index in [0.717, 1.165) is 22.4 Å². The van der Waals surface area contributed by atoms with Crippen LogP contribution in [0, 0.1) is 5.92 Å². The molecule has 0 aromatic heterocycles. The van der Waals surface area contributed by atoms with E-state index < -0.39 is 5.97 Å². The third-order valence-corrected chi connectivity index (χ3v) is 3.84. The largest absolute Gasteiger partial charge is 0.496 e. The van der Waals surface area contributed by atoms with Gasteiger partial charge in [0, 0.05) is 5.92 Å². The smallest absolute Gasteiger partial charge is 0.307 e. The molecule has 0 heterocycles. The average Bonchev–Trinajstić information content (AvgIpc) is 3.28. The van der Waals surface area contributed by atoms with Crippen LogP contribution >= 0.6 is 0 Å². The number of benzene rings is 2. The molecule has 0 radical (unpaired) electrons. The fourth-order valence-corrected chi connectivity index (χ4v) is 2.65. The van der Waals surface area contributed by atoms with Crippen molar-refractivity contribution in [1.29, 1.82) is 0 Å². The number of carbonyl (C=O) groups is 1. The maximum atomic E-state index is 11.1. The molecule has 3 nitrogen and oxygen atoms in total. The molecule has 2 atom stereocenters. The molecule has 1 fully saturated rings. The number of methoxy groups -OCH3 is 1. The number of hydrogen-bond acceptors (Lipinski definition) is 2. The zero-order valence-electron chi connectivity index (χ0n) is 11.2. The van der Waals surface area contributed by atoms with E-state index >= 15 is 0 Å². The highest BCUT2D eigenvalue weighted by atomic mass is 16.5. The molecule has 2 unspecified atom stereocenters. The predicted octanol–water partition coefficient (Wildman–Crippen LogP) is 3.55. The lowest BCUT2D eigenvalue weighted by Gasteiger charge is -2.10. The third kappa shape index (κ3) is 2.27. The Hall–Kier alpha value is -2.29. The first-order valence-electron chi connectivity index (χ1n) is 6.67. The zero-order chi connectivity index (χ0) is 14.1. The van der Waals surface area contributed by atoms with Crippen molar-refractivity contribution in [3.63, 3.8) is 0 Å². The standard InChI is InChI=1S/C17H16O3/c1-20-16-8-7-12(11-5-3-2-4-6-11)9-14(16)13-10-15(13)17(18)19/h2-9,13,15H,10H2,1H3,(H,18,19). The van der Waals surface area contributed by atoms with Gasteiger partial charge in [0.25, 0.3) is 0 Å². The van der Waals surface area contributed by atoms with Gasteiger partial charge in [-0.1, -0.05) is 36.4 Å². The second-order valence-electron chi connectivity index (χ2n) is 5.11. The lowest BCUT2D eigenvalue weighted by Crippen LogP contribution is -2.00. The van der Waals surface area contributed by atoms with Crippen LogP contribution in [0.1, 0.15) is 17.9 Å². The van der Waals surface area contributed by atoms with Crippen LogP contribution in [0.3, 0.4) is 0 Å². The summed E-state index contributed by atoms with van der Waals surface area (Å²) in [6.07, 6.45) is 0.698. The molecule has 20 heavy (non-hydrogen) atoms. The average molecular weight is 268 g/mol. The van der Waals surface area contributed by atoms with Crippen LogP contribution in [0.25, 0.3) is 11.1 Å². The molecule has 0 saturated heterocycles. The number of carboxylic acid groups (broad SMARTS) is 1. The first-order chi connectivity index (χ1) is 9.70. The lowest BCUT2D eigenvalue weighted by molar-refractivity contribution is -0.138. The number of rotatable bonds is 4. The molecule has 0 bridgehead atoms. The van der Waals surface area contributed by atoms with Crippen LogP contribution < -0.4 is 4.74 Å². The summed E-state index contributed by atoms with van der Waals surface area (Å²) < 4.78 is 5.37. The molecule has 2 aromatic rings. The van der Waals surface area contributed by atoms with Crippen molar-refractivity contribution in [3.8, 4) is 16.9 Å². The van der Waals surface area contributed by atoms with E-state index in [-0.39, 0.29) is 11.8 Å². The van der Waals surface area contributed by atoms with Crippen molar-refractivity contribution in [1.82, 2.24) is 0 Å². The molecule has 1 saturated carbocycles. The van der Waals surface area contributed by atoms with E-state index in [0.29, 0.717) is 6.42 Å². The third-order valence-electron chi connectivity index (χ3n) is 3.84. The minimum Gasteiger partial charge on any atom is -0.496 e. The maximum absolute atomic E-state index is 11.1. The summed E-state index contributed by atoms with van der Waals surface area (Å²) in [6.45, 7) is 0. The highest BCUT2D eigenvalue weighted by molar-refractivity contribution is 5.76. The van der Waals surface area contributed by atoms with E-state index in [9.17, 15) is 4.79 Å². The molecular weight excluding hydrogens is 252 g/mol. The number of hydrogen-bond donors (Lipinski definition) is 1. The highest BCUT2D eigenvalue weighted by Crippen LogP contribution is 2.51. The summed E-state index contributed by atoms with van der Waals surface area (Å²) in [4.78, 5) is 11.1. The SMILES string of the molecule is COc1ccc(-c2ccccc2)cc1C1CC1C(=O)O. The number of aliphatic carboxylic acids is 1. The topological polar surface area (TPSA) is 46.5 Å². The van der Waals surface area contributed by atoms with Gasteiger partial charge < -0.3 is 9.84 Å². The Labute approximate surface area is 117 Å². The summed E-state index contributed by atoms with van der Waals surface area (Å²) in [5, 5.41) is 9.09. The van der Waals surface area contributed by atoms with Gasteiger partial charge in [0.05, 0.1) is 13.0 Å². The van der Waals surface area contributed by atoms with Gasteiger partial charge in [-0.05, 0) is 35.2 Å². The second kappa shape index (κ2) is 5.00. The minimum absolute atomic E-state index is 0.0751. The van der Waals surface area contributed by atoms with Crippen LogP contribution in [0.5, 0.6) is 5.75 Å². The van der Waals surface area contributed by atoms with Crippen LogP contribution in [-0.4, -0.2) is 18.2 Å². The van der Waals surface area contributed by atoms with Gasteiger partial charge in [0.15, 0.2) is 0 Å². The van der Waals surface area contributed by atoms with Gasteiger partial charge in [-0.15, -0.1) is 0 Å². The van der Waals surface area contributed by atoms with Crippen LogP contribution in [0.15, 0.2) is 48.5 Å². The van der Waals surface area contributed by atoms with Crippen LogP contribution in [0.4, 0.5) is 0 Å². The van der Waals surface area contributed by atoms with E-state index in [1.807, 2.05) is 42.5 Å². The maximum Gasteiger partial charge on any atom is 0.307 e. The molecule has 1 N–H and O–H groups in total. The van der Waals surface area contributed by atoms with Crippen molar-refractivity contribution >= 4 is 5.97 Å². The summed E-state index contributed by atoms with van der Waals surface area (Å²) in [7, 11) is 1.62. The molecule has 3 rings (SSSR count). The second-order valence-corrected chi connectivity index (χ2v) is 5.11. The van der Waals surface area contributed by atoms with Crippen molar-refractivity contribution in [2.75, 3.05) is 7.11 Å². The number of ether oxygens (including phenoxy) is 1. The molecular formula is C17H16O3. The monoisotopic (exact) mass is 268 g/mol. The first kappa shape index (κ1) is 12.7. The quantitative estimate of drug-likeness (QED) is 0.922. The van der Waals surface area contributed by atoms with Gasteiger partial charge in [0.2, 0.25) is 0 Å². The van der Waals surface area contributed by atoms with Gasteiger partial charge in [-0.25, -0.2) is 0 Å². The Morgan fingerprint density at radius 3 is 2.50 bits per heavy atom. The van der Waals surface area contributed by atoms with Crippen molar-refractivity contribution in [2.45, 2.75) is 12.3 Å². The van der Waals surface area contributed by atoms with Gasteiger partial charge in [0.1, 0.15) is 5.75 Å². The molecule has 0 aliphatic heterocycles. The zero-order valence-corrected chi connectivity index (χ0v) is 11.2. The molecule has 2 aromatic carbocycles. The van der Waals surface area contributed by atoms with Gasteiger partial charge in [-0.2, -0.15) is 0 Å². The fraction of sp³-hybridized carbons (Fsp3) is 0.235. The Bertz CT molecular complexity index is 634. The van der Waals surface area contributed by atoms with E-state index in [2.05, 4.69) is 6.07 Å². The molecule has 0 spiro atoms. The predicted molar refractivity (Wildman–Crippen MR) is 76.9 cm³/mol. The summed E-state index contributed by atoms with van der Waals surface area (Å²) in [6, 6.07) is 16.1. The molecule has 102 valence electrons. The van der Waals surface area contributed by atoms with Gasteiger partial charge >= 0.3 is 5.97 Å².